The highest BCUT2D eigenvalue weighted by Gasteiger charge is 2.36. The van der Waals surface area contributed by atoms with Crippen molar-refractivity contribution in [1.82, 2.24) is 14.8 Å². The summed E-state index contributed by atoms with van der Waals surface area (Å²) in [5.41, 5.74) is 3.03. The van der Waals surface area contributed by atoms with Crippen LogP contribution in [-0.4, -0.2) is 66.6 Å². The lowest BCUT2D eigenvalue weighted by Crippen LogP contribution is -2.46. The van der Waals surface area contributed by atoms with Crippen LogP contribution in [0.15, 0.2) is 63.0 Å². The highest BCUT2D eigenvalue weighted by Crippen LogP contribution is 2.39. The number of pyridine rings is 1. The summed E-state index contributed by atoms with van der Waals surface area (Å²) in [6.45, 7) is 8.88. The molecule has 6 rings (SSSR count). The molecule has 0 unspecified atom stereocenters. The number of aliphatic imine (C=N–C) groups is 3. The largest absolute Gasteiger partial charge is 0.362 e. The van der Waals surface area contributed by atoms with E-state index in [2.05, 4.69) is 26.6 Å². The number of hydrogen-bond acceptors (Lipinski definition) is 6. The van der Waals surface area contributed by atoms with E-state index in [-0.39, 0.29) is 19.1 Å². The summed E-state index contributed by atoms with van der Waals surface area (Å²) in [4.78, 5) is 21.4. The Kier molecular flexibility index (Phi) is 7.02. The highest BCUT2D eigenvalue weighted by molar-refractivity contribution is 6.20. The Balaban J connectivity index is 1.50. The van der Waals surface area contributed by atoms with Crippen molar-refractivity contribution in [2.75, 3.05) is 33.5 Å². The van der Waals surface area contributed by atoms with Crippen LogP contribution in [0, 0.1) is 17.6 Å². The third-order valence-electron chi connectivity index (χ3n) is 7.32. The third-order valence-corrected chi connectivity index (χ3v) is 7.32. The minimum atomic E-state index is -0.491. The maximum Gasteiger partial charge on any atom is 0.160 e. The van der Waals surface area contributed by atoms with Gasteiger partial charge in [-0.1, -0.05) is 12.1 Å². The quantitative estimate of drug-likeness (QED) is 0.539. The Morgan fingerprint density at radius 2 is 2.00 bits per heavy atom. The molecule has 36 heavy (non-hydrogen) atoms. The van der Waals surface area contributed by atoms with E-state index in [9.17, 15) is 4.39 Å². The van der Waals surface area contributed by atoms with Gasteiger partial charge in [0.2, 0.25) is 0 Å². The number of piperidine rings is 3. The number of rotatable bonds is 7. The van der Waals surface area contributed by atoms with Gasteiger partial charge in [0.05, 0.1) is 18.4 Å². The van der Waals surface area contributed by atoms with E-state index in [0.29, 0.717) is 46.0 Å². The number of allylic oxidation sites excluding steroid dienone is 1. The first-order valence-electron chi connectivity index (χ1n) is 12.2. The van der Waals surface area contributed by atoms with E-state index in [1.807, 2.05) is 12.1 Å². The summed E-state index contributed by atoms with van der Waals surface area (Å²) in [7, 11) is 1.54. The molecule has 3 fully saturated rings. The number of hydrogen-bond donors (Lipinski definition) is 0. The van der Waals surface area contributed by atoms with E-state index < -0.39 is 5.82 Å². The van der Waals surface area contributed by atoms with Gasteiger partial charge < -0.3 is 14.5 Å². The number of aromatic nitrogens is 1. The molecule has 4 aliphatic heterocycles. The Hall–Kier alpha value is -3.30. The fourth-order valence-electron chi connectivity index (χ4n) is 5.39. The number of fused-ring (bicyclic) bond motifs is 3. The van der Waals surface area contributed by atoms with Crippen LogP contribution in [0.25, 0.3) is 0 Å². The molecule has 5 heterocycles. The van der Waals surface area contributed by atoms with Crippen LogP contribution >= 0.6 is 0 Å². The van der Waals surface area contributed by atoms with Gasteiger partial charge in [-0.3, -0.25) is 9.98 Å². The summed E-state index contributed by atoms with van der Waals surface area (Å²) in [6, 6.07) is 6.91. The van der Waals surface area contributed by atoms with Crippen LogP contribution in [0.5, 0.6) is 0 Å². The first kappa shape index (κ1) is 24.4. The molecule has 1 aromatic heterocycles. The van der Waals surface area contributed by atoms with Gasteiger partial charge in [0.15, 0.2) is 5.84 Å². The molecule has 3 saturated heterocycles. The maximum atomic E-state index is 15.5. The molecule has 188 valence electrons. The number of nitrogens with zero attached hydrogens (tertiary/aromatic N) is 6. The van der Waals surface area contributed by atoms with Gasteiger partial charge in [0.1, 0.15) is 29.9 Å². The minimum absolute atomic E-state index is 0.0744. The monoisotopic (exact) mass is 492 g/mol. The average Bonchev–Trinajstić information content (AvgIpc) is 3.26. The molecule has 0 radical (unpaired) electrons. The molecular formula is C27H30F2N6O. The van der Waals surface area contributed by atoms with Gasteiger partial charge in [-0.05, 0) is 69.1 Å². The smallest absolute Gasteiger partial charge is 0.160 e. The zero-order valence-corrected chi connectivity index (χ0v) is 20.6. The molecule has 7 nitrogen and oxygen atoms in total. The van der Waals surface area contributed by atoms with Gasteiger partial charge in [0, 0.05) is 31.0 Å². The van der Waals surface area contributed by atoms with Crippen molar-refractivity contribution in [2.24, 2.45) is 20.9 Å². The van der Waals surface area contributed by atoms with Gasteiger partial charge in [-0.15, -0.1) is 0 Å². The van der Waals surface area contributed by atoms with Crippen molar-refractivity contribution >= 4 is 18.4 Å². The SMILES string of the molecule is C=N/C(C)=C1/N=C(c2cncc(F)c2)N(Cc2ccc([C@H]3CN4CCC3CC4)cc2F)/C1=N/COC. The Morgan fingerprint density at radius 3 is 2.64 bits per heavy atom. The summed E-state index contributed by atoms with van der Waals surface area (Å²) in [6.07, 6.45) is 5.00. The first-order chi connectivity index (χ1) is 17.5. The molecule has 0 saturated carbocycles. The van der Waals surface area contributed by atoms with Crippen molar-refractivity contribution < 1.29 is 13.5 Å². The van der Waals surface area contributed by atoms with Crippen LogP contribution in [0.3, 0.4) is 0 Å². The van der Waals surface area contributed by atoms with Crippen molar-refractivity contribution in [1.29, 1.82) is 0 Å². The zero-order chi connectivity index (χ0) is 25.2. The lowest BCUT2D eigenvalue weighted by atomic mass is 9.75. The minimum Gasteiger partial charge on any atom is -0.362 e. The predicted molar refractivity (Wildman–Crippen MR) is 136 cm³/mol. The lowest BCUT2D eigenvalue weighted by Gasteiger charge is -2.45. The summed E-state index contributed by atoms with van der Waals surface area (Å²) < 4.78 is 34.8. The lowest BCUT2D eigenvalue weighted by molar-refractivity contribution is 0.0870. The van der Waals surface area contributed by atoms with Crippen molar-refractivity contribution in [3.8, 4) is 0 Å². The zero-order valence-electron chi connectivity index (χ0n) is 20.6. The fraction of sp³-hybridized carbons (Fsp3) is 0.407. The van der Waals surface area contributed by atoms with Gasteiger partial charge in [-0.25, -0.2) is 18.8 Å². The van der Waals surface area contributed by atoms with Crippen LogP contribution in [0.4, 0.5) is 8.78 Å². The van der Waals surface area contributed by atoms with E-state index in [4.69, 9.17) is 9.73 Å². The van der Waals surface area contributed by atoms with Crippen molar-refractivity contribution in [2.45, 2.75) is 32.2 Å². The second kappa shape index (κ2) is 10.4. The number of methoxy groups -OCH3 is 1. The molecule has 1 atom stereocenters. The molecule has 9 heteroatoms. The Bertz CT molecular complexity index is 1250. The molecule has 4 aliphatic rings. The topological polar surface area (TPSA) is 65.7 Å². The van der Waals surface area contributed by atoms with E-state index >= 15 is 4.39 Å². The molecule has 0 spiro atoms. The second-order valence-electron chi connectivity index (χ2n) is 9.50. The van der Waals surface area contributed by atoms with E-state index in [1.165, 1.54) is 32.2 Å². The van der Waals surface area contributed by atoms with Crippen molar-refractivity contribution in [3.63, 3.8) is 0 Å². The van der Waals surface area contributed by atoms with Gasteiger partial charge in [-0.2, -0.15) is 0 Å². The average molecular weight is 493 g/mol. The second-order valence-corrected chi connectivity index (χ2v) is 9.50. The summed E-state index contributed by atoms with van der Waals surface area (Å²) >= 11 is 0. The molecule has 0 aliphatic carbocycles. The standard InChI is InChI=1S/C27H30F2N6O/c1-17(30-2)25-27(32-16-36-3)35(26(33-25)21-10-22(28)13-31-12-21)14-20-5-4-19(11-24(20)29)23-15-34-8-6-18(23)7-9-34/h4-5,10-13,18,23H,2,6-9,14-16H2,1,3H3/b25-17+,32-27+/t23-/m0/s1. The summed E-state index contributed by atoms with van der Waals surface area (Å²) in [5, 5.41) is 0. The number of benzene rings is 1. The molecule has 1 aromatic carbocycles. The summed E-state index contributed by atoms with van der Waals surface area (Å²) in [5.74, 6) is 1.09. The molecular weight excluding hydrogens is 462 g/mol. The van der Waals surface area contributed by atoms with Crippen LogP contribution in [0.2, 0.25) is 0 Å². The van der Waals surface area contributed by atoms with E-state index in [0.717, 1.165) is 31.4 Å². The van der Waals surface area contributed by atoms with Crippen molar-refractivity contribution in [3.05, 3.63) is 76.4 Å². The predicted octanol–water partition coefficient (Wildman–Crippen LogP) is 4.37. The van der Waals surface area contributed by atoms with Crippen LogP contribution < -0.4 is 0 Å². The molecule has 2 aromatic rings. The fourth-order valence-corrected chi connectivity index (χ4v) is 5.39. The van der Waals surface area contributed by atoms with Gasteiger partial charge in [0.25, 0.3) is 0 Å². The number of amidine groups is 2. The van der Waals surface area contributed by atoms with E-state index in [1.54, 1.807) is 17.9 Å². The van der Waals surface area contributed by atoms with Crippen LogP contribution in [-0.2, 0) is 11.3 Å². The number of halogens is 2. The molecule has 2 bridgehead atoms. The normalized spacial score (nSPS) is 25.9. The Labute approximate surface area is 209 Å². The number of ether oxygens (including phenoxy) is 1. The van der Waals surface area contributed by atoms with Crippen LogP contribution in [0.1, 0.15) is 42.4 Å². The molecule has 0 amide bonds. The molecule has 0 N–H and O–H groups in total. The van der Waals surface area contributed by atoms with Gasteiger partial charge >= 0.3 is 0 Å². The third kappa shape index (κ3) is 4.73. The maximum absolute atomic E-state index is 15.5. The first-order valence-corrected chi connectivity index (χ1v) is 12.2. The Morgan fingerprint density at radius 1 is 1.19 bits per heavy atom. The highest BCUT2D eigenvalue weighted by atomic mass is 19.1.